The van der Waals surface area contributed by atoms with Gasteiger partial charge in [-0.25, -0.2) is 4.98 Å². The summed E-state index contributed by atoms with van der Waals surface area (Å²) in [6.45, 7) is 2.86. The third-order valence-corrected chi connectivity index (χ3v) is 4.46. The maximum absolute atomic E-state index is 5.75. The molecular formula is C13H16N2S. The molecule has 1 saturated carbocycles. The van der Waals surface area contributed by atoms with Crippen LogP contribution < -0.4 is 5.73 Å². The Labute approximate surface area is 99.5 Å². The lowest BCUT2D eigenvalue weighted by molar-refractivity contribution is 0.779. The number of benzene rings is 1. The van der Waals surface area contributed by atoms with Crippen LogP contribution in [0, 0.1) is 0 Å². The second-order valence-corrected chi connectivity index (χ2v) is 5.72. The van der Waals surface area contributed by atoms with Gasteiger partial charge in [-0.2, -0.15) is 0 Å². The molecule has 0 saturated heterocycles. The van der Waals surface area contributed by atoms with Gasteiger partial charge in [0.05, 0.1) is 15.2 Å². The Hall–Kier alpha value is -0.930. The summed E-state index contributed by atoms with van der Waals surface area (Å²) in [5, 5.41) is 1.33. The first-order chi connectivity index (χ1) is 7.79. The van der Waals surface area contributed by atoms with E-state index < -0.39 is 0 Å². The molecule has 16 heavy (non-hydrogen) atoms. The quantitative estimate of drug-likeness (QED) is 0.882. The number of fused-ring (bicyclic) bond motifs is 1. The SMILES string of the molecule is CC(CN)c1cccc2sc(C3CC3)nc12. The molecule has 84 valence electrons. The largest absolute Gasteiger partial charge is 0.330 e. The van der Waals surface area contributed by atoms with Crippen molar-refractivity contribution in [2.75, 3.05) is 6.54 Å². The maximum atomic E-state index is 5.75. The fraction of sp³-hybridized carbons (Fsp3) is 0.462. The van der Waals surface area contributed by atoms with Crippen LogP contribution in [-0.2, 0) is 0 Å². The average molecular weight is 232 g/mol. The van der Waals surface area contributed by atoms with Gasteiger partial charge >= 0.3 is 0 Å². The van der Waals surface area contributed by atoms with Gasteiger partial charge in [0.1, 0.15) is 0 Å². The van der Waals surface area contributed by atoms with Crippen LogP contribution in [0.3, 0.4) is 0 Å². The molecule has 2 nitrogen and oxygen atoms in total. The Morgan fingerprint density at radius 3 is 3.00 bits per heavy atom. The van der Waals surface area contributed by atoms with Crippen LogP contribution in [-0.4, -0.2) is 11.5 Å². The van der Waals surface area contributed by atoms with Crippen LogP contribution in [0.4, 0.5) is 0 Å². The summed E-state index contributed by atoms with van der Waals surface area (Å²) < 4.78 is 1.32. The van der Waals surface area contributed by atoms with Crippen LogP contribution in [0.2, 0.25) is 0 Å². The van der Waals surface area contributed by atoms with Crippen molar-refractivity contribution in [2.45, 2.75) is 31.6 Å². The second-order valence-electron chi connectivity index (χ2n) is 4.66. The van der Waals surface area contributed by atoms with Crippen molar-refractivity contribution in [3.63, 3.8) is 0 Å². The van der Waals surface area contributed by atoms with E-state index in [0.29, 0.717) is 12.5 Å². The van der Waals surface area contributed by atoms with Gasteiger partial charge in [-0.3, -0.25) is 0 Å². The maximum Gasteiger partial charge on any atom is 0.0969 e. The molecule has 0 radical (unpaired) electrons. The van der Waals surface area contributed by atoms with Gasteiger partial charge in [0.15, 0.2) is 0 Å². The highest BCUT2D eigenvalue weighted by atomic mass is 32.1. The predicted molar refractivity (Wildman–Crippen MR) is 69.1 cm³/mol. The van der Waals surface area contributed by atoms with Crippen molar-refractivity contribution in [1.29, 1.82) is 0 Å². The van der Waals surface area contributed by atoms with E-state index in [1.807, 2.05) is 11.3 Å². The molecule has 2 aromatic rings. The van der Waals surface area contributed by atoms with Crippen LogP contribution >= 0.6 is 11.3 Å². The molecule has 0 spiro atoms. The van der Waals surface area contributed by atoms with Crippen molar-refractivity contribution < 1.29 is 0 Å². The summed E-state index contributed by atoms with van der Waals surface area (Å²) in [5.41, 5.74) is 8.25. The highest BCUT2D eigenvalue weighted by Crippen LogP contribution is 2.44. The van der Waals surface area contributed by atoms with Crippen molar-refractivity contribution in [3.8, 4) is 0 Å². The lowest BCUT2D eigenvalue weighted by atomic mass is 10.0. The fourth-order valence-corrected chi connectivity index (χ4v) is 3.19. The zero-order valence-electron chi connectivity index (χ0n) is 9.44. The lowest BCUT2D eigenvalue weighted by Gasteiger charge is -2.08. The first-order valence-electron chi connectivity index (χ1n) is 5.89. The molecule has 1 aliphatic rings. The zero-order chi connectivity index (χ0) is 11.1. The van der Waals surface area contributed by atoms with E-state index in [2.05, 4.69) is 25.1 Å². The molecule has 1 aromatic heterocycles. The number of para-hydroxylation sites is 1. The van der Waals surface area contributed by atoms with Gasteiger partial charge < -0.3 is 5.73 Å². The minimum Gasteiger partial charge on any atom is -0.330 e. The molecule has 1 aliphatic carbocycles. The fourth-order valence-electron chi connectivity index (χ4n) is 2.02. The Bertz CT molecular complexity index is 514. The lowest BCUT2D eigenvalue weighted by Crippen LogP contribution is -2.09. The monoisotopic (exact) mass is 232 g/mol. The third-order valence-electron chi connectivity index (χ3n) is 3.28. The molecule has 1 aromatic carbocycles. The molecule has 1 heterocycles. The predicted octanol–water partition coefficient (Wildman–Crippen LogP) is 3.24. The van der Waals surface area contributed by atoms with E-state index in [9.17, 15) is 0 Å². The number of hydrogen-bond donors (Lipinski definition) is 1. The number of nitrogens with two attached hydrogens (primary N) is 1. The number of aromatic nitrogens is 1. The first kappa shape index (κ1) is 10.2. The number of nitrogens with zero attached hydrogens (tertiary/aromatic N) is 1. The molecule has 1 unspecified atom stereocenters. The third kappa shape index (κ3) is 1.64. The summed E-state index contributed by atoms with van der Waals surface area (Å²) in [7, 11) is 0. The summed E-state index contributed by atoms with van der Waals surface area (Å²) in [6, 6.07) is 6.46. The zero-order valence-corrected chi connectivity index (χ0v) is 10.3. The van der Waals surface area contributed by atoms with Gasteiger partial charge in [0, 0.05) is 5.92 Å². The van der Waals surface area contributed by atoms with Crippen molar-refractivity contribution in [1.82, 2.24) is 4.98 Å². The smallest absolute Gasteiger partial charge is 0.0969 e. The van der Waals surface area contributed by atoms with Gasteiger partial charge in [-0.05, 0) is 36.9 Å². The van der Waals surface area contributed by atoms with Gasteiger partial charge in [0.25, 0.3) is 0 Å². The first-order valence-corrected chi connectivity index (χ1v) is 6.70. The average Bonchev–Trinajstić information content (AvgIpc) is 3.07. The molecule has 3 heteroatoms. The molecule has 1 fully saturated rings. The highest BCUT2D eigenvalue weighted by molar-refractivity contribution is 7.18. The van der Waals surface area contributed by atoms with Gasteiger partial charge in [-0.1, -0.05) is 19.1 Å². The molecular weight excluding hydrogens is 216 g/mol. The Morgan fingerprint density at radius 2 is 2.31 bits per heavy atom. The van der Waals surface area contributed by atoms with Crippen LogP contribution in [0.25, 0.3) is 10.2 Å². The van der Waals surface area contributed by atoms with Crippen LogP contribution in [0.5, 0.6) is 0 Å². The molecule has 0 aliphatic heterocycles. The van der Waals surface area contributed by atoms with E-state index in [1.54, 1.807) is 0 Å². The van der Waals surface area contributed by atoms with Gasteiger partial charge in [0.2, 0.25) is 0 Å². The standard InChI is InChI=1S/C13H16N2S/c1-8(7-14)10-3-2-4-11-12(10)15-13(16-11)9-5-6-9/h2-4,8-9H,5-7,14H2,1H3. The Morgan fingerprint density at radius 1 is 1.50 bits per heavy atom. The topological polar surface area (TPSA) is 38.9 Å². The van der Waals surface area contributed by atoms with E-state index in [1.165, 1.54) is 33.6 Å². The van der Waals surface area contributed by atoms with E-state index in [-0.39, 0.29) is 0 Å². The van der Waals surface area contributed by atoms with Crippen LogP contribution in [0.1, 0.15) is 42.2 Å². The molecule has 2 N–H and O–H groups in total. The molecule has 0 bridgehead atoms. The second kappa shape index (κ2) is 3.82. The normalized spacial score (nSPS) is 17.9. The Kier molecular flexibility index (Phi) is 2.45. The Balaban J connectivity index is 2.13. The van der Waals surface area contributed by atoms with Crippen molar-refractivity contribution in [3.05, 3.63) is 28.8 Å². The van der Waals surface area contributed by atoms with E-state index in [0.717, 1.165) is 5.92 Å². The van der Waals surface area contributed by atoms with Crippen LogP contribution in [0.15, 0.2) is 18.2 Å². The highest BCUT2D eigenvalue weighted by Gasteiger charge is 2.27. The molecule has 0 amide bonds. The van der Waals surface area contributed by atoms with Crippen molar-refractivity contribution >= 4 is 21.6 Å². The summed E-state index contributed by atoms with van der Waals surface area (Å²) >= 11 is 1.86. The minimum atomic E-state index is 0.401. The van der Waals surface area contributed by atoms with E-state index >= 15 is 0 Å². The minimum absolute atomic E-state index is 0.401. The summed E-state index contributed by atoms with van der Waals surface area (Å²) in [4.78, 5) is 4.81. The number of thiazole rings is 1. The summed E-state index contributed by atoms with van der Waals surface area (Å²) in [6.07, 6.45) is 2.64. The number of hydrogen-bond acceptors (Lipinski definition) is 3. The summed E-state index contributed by atoms with van der Waals surface area (Å²) in [5.74, 6) is 1.15. The van der Waals surface area contributed by atoms with Gasteiger partial charge in [-0.15, -0.1) is 11.3 Å². The number of rotatable bonds is 3. The molecule has 3 rings (SSSR count). The molecule has 1 atom stereocenters. The van der Waals surface area contributed by atoms with Crippen molar-refractivity contribution in [2.24, 2.45) is 5.73 Å². The van der Waals surface area contributed by atoms with E-state index in [4.69, 9.17) is 10.7 Å².